The predicted molar refractivity (Wildman–Crippen MR) is 114 cm³/mol. The van der Waals surface area contributed by atoms with Crippen LogP contribution in [0.4, 0.5) is 5.69 Å². The van der Waals surface area contributed by atoms with Crippen molar-refractivity contribution in [2.24, 2.45) is 0 Å². The number of anilines is 1. The molecule has 6 nitrogen and oxygen atoms in total. The van der Waals surface area contributed by atoms with Crippen molar-refractivity contribution in [3.63, 3.8) is 0 Å². The third-order valence-corrected chi connectivity index (χ3v) is 5.43. The molecule has 0 spiro atoms. The number of nitrogens with zero attached hydrogens (tertiary/aromatic N) is 1. The van der Waals surface area contributed by atoms with Gasteiger partial charge in [0.2, 0.25) is 6.79 Å². The van der Waals surface area contributed by atoms with E-state index >= 15 is 0 Å². The van der Waals surface area contributed by atoms with Crippen molar-refractivity contribution in [2.75, 3.05) is 31.3 Å². The van der Waals surface area contributed by atoms with Gasteiger partial charge in [-0.1, -0.05) is 12.1 Å². The van der Waals surface area contributed by atoms with Gasteiger partial charge < -0.3 is 25.0 Å². The average molecular weight is 393 g/mol. The second kappa shape index (κ2) is 9.01. The van der Waals surface area contributed by atoms with Gasteiger partial charge in [0.05, 0.1) is 0 Å². The SMILES string of the molecule is C=CCNC1CCN(c2ccc(C(=O)NCc3ccc4c(c3)OCO4)cc2)CC1. The van der Waals surface area contributed by atoms with E-state index in [1.165, 1.54) is 5.69 Å². The fraction of sp³-hybridized carbons (Fsp3) is 0.348. The molecule has 0 unspecified atom stereocenters. The second-order valence-electron chi connectivity index (χ2n) is 7.38. The third kappa shape index (κ3) is 4.71. The smallest absolute Gasteiger partial charge is 0.251 e. The maximum absolute atomic E-state index is 12.5. The Balaban J connectivity index is 1.28. The molecule has 1 saturated heterocycles. The maximum Gasteiger partial charge on any atom is 0.251 e. The molecule has 0 aromatic heterocycles. The first kappa shape index (κ1) is 19.3. The molecule has 6 heteroatoms. The lowest BCUT2D eigenvalue weighted by molar-refractivity contribution is 0.0951. The zero-order valence-electron chi connectivity index (χ0n) is 16.5. The van der Waals surface area contributed by atoms with Gasteiger partial charge >= 0.3 is 0 Å². The van der Waals surface area contributed by atoms with Gasteiger partial charge in [-0.15, -0.1) is 6.58 Å². The highest BCUT2D eigenvalue weighted by Gasteiger charge is 2.19. The van der Waals surface area contributed by atoms with Crippen LogP contribution in [0.5, 0.6) is 11.5 Å². The number of benzene rings is 2. The van der Waals surface area contributed by atoms with Crippen molar-refractivity contribution in [3.05, 3.63) is 66.2 Å². The van der Waals surface area contributed by atoms with Gasteiger partial charge in [-0.05, 0) is 54.8 Å². The minimum Gasteiger partial charge on any atom is -0.454 e. The van der Waals surface area contributed by atoms with Gasteiger partial charge in [-0.2, -0.15) is 0 Å². The first-order chi connectivity index (χ1) is 14.2. The van der Waals surface area contributed by atoms with Gasteiger partial charge in [0.15, 0.2) is 11.5 Å². The van der Waals surface area contributed by atoms with E-state index < -0.39 is 0 Å². The molecule has 2 aromatic carbocycles. The van der Waals surface area contributed by atoms with Crippen LogP contribution in [-0.4, -0.2) is 38.4 Å². The van der Waals surface area contributed by atoms with Crippen LogP contribution in [0.1, 0.15) is 28.8 Å². The number of hydrogen-bond donors (Lipinski definition) is 2. The number of fused-ring (bicyclic) bond motifs is 1. The number of carbonyl (C=O) groups excluding carboxylic acids is 1. The van der Waals surface area contributed by atoms with Crippen LogP contribution in [0, 0.1) is 0 Å². The number of ether oxygens (including phenoxy) is 2. The van der Waals surface area contributed by atoms with E-state index in [-0.39, 0.29) is 12.7 Å². The lowest BCUT2D eigenvalue weighted by Gasteiger charge is -2.34. The van der Waals surface area contributed by atoms with E-state index in [1.54, 1.807) is 0 Å². The van der Waals surface area contributed by atoms with E-state index in [1.807, 2.05) is 48.5 Å². The minimum atomic E-state index is -0.0819. The Morgan fingerprint density at radius 3 is 2.62 bits per heavy atom. The molecule has 1 amide bonds. The molecule has 4 rings (SSSR count). The summed E-state index contributed by atoms with van der Waals surface area (Å²) < 4.78 is 10.7. The molecule has 1 fully saturated rings. The number of rotatable bonds is 7. The van der Waals surface area contributed by atoms with E-state index in [0.717, 1.165) is 49.5 Å². The highest BCUT2D eigenvalue weighted by atomic mass is 16.7. The summed E-state index contributed by atoms with van der Waals surface area (Å²) >= 11 is 0. The van der Waals surface area contributed by atoms with Crippen LogP contribution >= 0.6 is 0 Å². The third-order valence-electron chi connectivity index (χ3n) is 5.43. The summed E-state index contributed by atoms with van der Waals surface area (Å²) in [5.41, 5.74) is 2.81. The van der Waals surface area contributed by atoms with Crippen molar-refractivity contribution in [1.29, 1.82) is 0 Å². The largest absolute Gasteiger partial charge is 0.454 e. The fourth-order valence-corrected chi connectivity index (χ4v) is 3.75. The molecular weight excluding hydrogens is 366 g/mol. The molecule has 2 aromatic rings. The highest BCUT2D eigenvalue weighted by Crippen LogP contribution is 2.32. The van der Waals surface area contributed by atoms with Crippen LogP contribution in [0.15, 0.2) is 55.1 Å². The summed E-state index contributed by atoms with van der Waals surface area (Å²) in [7, 11) is 0. The molecule has 29 heavy (non-hydrogen) atoms. The zero-order chi connectivity index (χ0) is 20.1. The number of nitrogens with one attached hydrogen (secondary N) is 2. The second-order valence-corrected chi connectivity index (χ2v) is 7.38. The molecule has 0 saturated carbocycles. The average Bonchev–Trinajstić information content (AvgIpc) is 3.24. The number of piperidine rings is 1. The van der Waals surface area contributed by atoms with E-state index in [2.05, 4.69) is 22.1 Å². The number of hydrogen-bond acceptors (Lipinski definition) is 5. The summed E-state index contributed by atoms with van der Waals surface area (Å²) in [6.07, 6.45) is 4.14. The highest BCUT2D eigenvalue weighted by molar-refractivity contribution is 5.94. The molecule has 2 N–H and O–H groups in total. The van der Waals surface area contributed by atoms with Gasteiger partial charge in [0.25, 0.3) is 5.91 Å². The maximum atomic E-state index is 12.5. The predicted octanol–water partition coefficient (Wildman–Crippen LogP) is 3.09. The Morgan fingerprint density at radius 1 is 1.10 bits per heavy atom. The van der Waals surface area contributed by atoms with Crippen molar-refractivity contribution >= 4 is 11.6 Å². The molecule has 2 aliphatic rings. The summed E-state index contributed by atoms with van der Waals surface area (Å²) in [6.45, 7) is 7.35. The topological polar surface area (TPSA) is 62.8 Å². The van der Waals surface area contributed by atoms with Crippen LogP contribution < -0.4 is 25.0 Å². The Kier molecular flexibility index (Phi) is 6.00. The molecule has 0 bridgehead atoms. The standard InChI is InChI=1S/C23H27N3O3/c1-2-11-24-19-9-12-26(13-10-19)20-6-4-18(5-7-20)23(27)25-15-17-3-8-21-22(14-17)29-16-28-21/h2-8,14,19,24H,1,9-13,15-16H2,(H,25,27). The van der Waals surface area contributed by atoms with E-state index in [9.17, 15) is 4.79 Å². The van der Waals surface area contributed by atoms with Gasteiger partial charge in [-0.3, -0.25) is 4.79 Å². The van der Waals surface area contributed by atoms with E-state index in [4.69, 9.17) is 9.47 Å². The summed E-state index contributed by atoms with van der Waals surface area (Å²) in [6, 6.07) is 14.1. The van der Waals surface area contributed by atoms with Gasteiger partial charge in [0, 0.05) is 43.5 Å². The van der Waals surface area contributed by atoms with Crippen molar-refractivity contribution in [2.45, 2.75) is 25.4 Å². The quantitative estimate of drug-likeness (QED) is 0.708. The van der Waals surface area contributed by atoms with Crippen LogP contribution in [0.2, 0.25) is 0 Å². The zero-order valence-corrected chi connectivity index (χ0v) is 16.5. The number of amides is 1. The van der Waals surface area contributed by atoms with Crippen molar-refractivity contribution in [1.82, 2.24) is 10.6 Å². The van der Waals surface area contributed by atoms with Crippen LogP contribution in [0.25, 0.3) is 0 Å². The summed E-state index contributed by atoms with van der Waals surface area (Å²) in [4.78, 5) is 14.9. The Hall–Kier alpha value is -2.99. The van der Waals surface area contributed by atoms with Gasteiger partial charge in [0.1, 0.15) is 0 Å². The Morgan fingerprint density at radius 2 is 1.86 bits per heavy atom. The first-order valence-electron chi connectivity index (χ1n) is 10.1. The van der Waals surface area contributed by atoms with Crippen LogP contribution in [0.3, 0.4) is 0 Å². The van der Waals surface area contributed by atoms with Crippen molar-refractivity contribution < 1.29 is 14.3 Å². The lowest BCUT2D eigenvalue weighted by Crippen LogP contribution is -2.42. The van der Waals surface area contributed by atoms with Gasteiger partial charge in [-0.25, -0.2) is 0 Å². The lowest BCUT2D eigenvalue weighted by atomic mass is 10.0. The minimum absolute atomic E-state index is 0.0819. The molecule has 0 atom stereocenters. The number of carbonyl (C=O) groups is 1. The molecule has 2 aliphatic heterocycles. The molecular formula is C23H27N3O3. The summed E-state index contributed by atoms with van der Waals surface area (Å²) in [5, 5.41) is 6.46. The molecule has 152 valence electrons. The first-order valence-corrected chi connectivity index (χ1v) is 10.1. The Labute approximate surface area is 171 Å². The molecule has 0 radical (unpaired) electrons. The van der Waals surface area contributed by atoms with Crippen molar-refractivity contribution in [3.8, 4) is 11.5 Å². The summed E-state index contributed by atoms with van der Waals surface area (Å²) in [5.74, 6) is 1.39. The molecule has 2 heterocycles. The monoisotopic (exact) mass is 393 g/mol. The van der Waals surface area contributed by atoms with Crippen LogP contribution in [-0.2, 0) is 6.54 Å². The van der Waals surface area contributed by atoms with E-state index in [0.29, 0.717) is 18.2 Å². The fourth-order valence-electron chi connectivity index (χ4n) is 3.75. The normalized spacial score (nSPS) is 15.9. The molecule has 0 aliphatic carbocycles. The Bertz CT molecular complexity index is 858.